The zero-order valence-electron chi connectivity index (χ0n) is 28.5. The summed E-state index contributed by atoms with van der Waals surface area (Å²) in [7, 11) is 0. The summed E-state index contributed by atoms with van der Waals surface area (Å²) in [6.45, 7) is 3.32. The largest absolute Gasteiger partial charge is 0.493 e. The average Bonchev–Trinajstić information content (AvgIpc) is 3.61. The predicted octanol–water partition coefficient (Wildman–Crippen LogP) is 6.48. The number of aromatic carboxylic acids is 2. The number of nitro groups is 2. The number of benzene rings is 4. The van der Waals surface area contributed by atoms with Crippen molar-refractivity contribution in [2.24, 2.45) is 9.98 Å². The second kappa shape index (κ2) is 17.3. The Bertz CT molecular complexity index is 2290. The second-order valence-corrected chi connectivity index (χ2v) is 11.2. The van der Waals surface area contributed by atoms with Crippen molar-refractivity contribution < 1.29 is 56.6 Å². The van der Waals surface area contributed by atoms with E-state index in [0.29, 0.717) is 33.9 Å². The Labute approximate surface area is 320 Å². The maximum absolute atomic E-state index is 11.2. The van der Waals surface area contributed by atoms with Gasteiger partial charge in [-0.2, -0.15) is 10.2 Å². The van der Waals surface area contributed by atoms with Crippen LogP contribution in [0.25, 0.3) is 11.4 Å². The number of aromatic nitrogens is 4. The van der Waals surface area contributed by atoms with E-state index in [9.17, 15) is 50.2 Å². The van der Waals surface area contributed by atoms with Crippen LogP contribution in [0, 0.1) is 34.1 Å². The quantitative estimate of drug-likeness (QED) is 0.0660. The van der Waals surface area contributed by atoms with Gasteiger partial charge in [0.1, 0.15) is 0 Å². The Hall–Kier alpha value is -7.51. The fraction of sp³-hybridized carbons (Fsp3) is 0.0556. The smallest absolute Gasteiger partial charge is 0.337 e. The molecule has 4 aromatic carbocycles. The summed E-state index contributed by atoms with van der Waals surface area (Å²) >= 11 is 0. The molecule has 0 aliphatic heterocycles. The molecule has 55 heavy (non-hydrogen) atoms. The fourth-order valence-electron chi connectivity index (χ4n) is 4.95. The molecule has 18 nitrogen and oxygen atoms in total. The van der Waals surface area contributed by atoms with Crippen molar-refractivity contribution in [2.75, 3.05) is 0 Å². The predicted molar refractivity (Wildman–Crippen MR) is 195 cm³/mol. The summed E-state index contributed by atoms with van der Waals surface area (Å²) in [6, 6.07) is 23.6. The number of aliphatic imine (C=N–C) groups is 2. The van der Waals surface area contributed by atoms with Gasteiger partial charge in [0.15, 0.2) is 0 Å². The molecule has 0 fully saturated rings. The molecule has 0 aliphatic carbocycles. The first-order valence-electron chi connectivity index (χ1n) is 15.6. The summed E-state index contributed by atoms with van der Waals surface area (Å²) in [5, 5.41) is 69.2. The molecule has 281 valence electrons. The van der Waals surface area contributed by atoms with Crippen molar-refractivity contribution in [3.8, 4) is 23.1 Å². The fourth-order valence-corrected chi connectivity index (χ4v) is 4.95. The number of aromatic hydroxyl groups is 2. The molecule has 0 aliphatic rings. The van der Waals surface area contributed by atoms with E-state index < -0.39 is 21.8 Å². The normalized spacial score (nSPS) is 10.8. The van der Waals surface area contributed by atoms with Gasteiger partial charge in [0, 0.05) is 53.5 Å². The molecular formula is C36H28CoN8O10. The van der Waals surface area contributed by atoms with Crippen LogP contribution in [-0.2, 0) is 16.8 Å². The molecule has 0 saturated carbocycles. The number of aryl methyl sites for hydroxylation is 2. The number of rotatable bonds is 10. The minimum Gasteiger partial charge on any atom is -0.493 e. The van der Waals surface area contributed by atoms with Crippen LogP contribution in [-0.4, -0.2) is 74.2 Å². The van der Waals surface area contributed by atoms with E-state index in [1.807, 2.05) is 0 Å². The maximum atomic E-state index is 11.2. The number of carboxylic acids is 2. The van der Waals surface area contributed by atoms with Gasteiger partial charge in [-0.1, -0.05) is 24.3 Å². The molecular weight excluding hydrogens is 763 g/mol. The van der Waals surface area contributed by atoms with E-state index in [4.69, 9.17) is 0 Å². The van der Waals surface area contributed by atoms with Crippen LogP contribution in [0.5, 0.6) is 11.8 Å². The molecule has 0 spiro atoms. The number of nitro benzene ring substituents is 2. The molecule has 0 saturated heterocycles. The summed E-state index contributed by atoms with van der Waals surface area (Å²) in [6.07, 6.45) is 2.67. The zero-order valence-corrected chi connectivity index (χ0v) is 29.6. The van der Waals surface area contributed by atoms with E-state index in [0.717, 1.165) is 0 Å². The van der Waals surface area contributed by atoms with Gasteiger partial charge in [-0.3, -0.25) is 30.2 Å². The molecule has 2 heterocycles. The van der Waals surface area contributed by atoms with Crippen LogP contribution in [0.4, 0.5) is 22.7 Å². The van der Waals surface area contributed by atoms with Gasteiger partial charge in [-0.15, -0.1) is 0 Å². The van der Waals surface area contributed by atoms with Gasteiger partial charge < -0.3 is 20.4 Å². The third-order valence-corrected chi connectivity index (χ3v) is 7.71. The molecule has 19 heteroatoms. The molecule has 6 aromatic rings. The van der Waals surface area contributed by atoms with Crippen LogP contribution >= 0.6 is 0 Å². The van der Waals surface area contributed by atoms with E-state index in [2.05, 4.69) is 20.2 Å². The van der Waals surface area contributed by atoms with Gasteiger partial charge in [0.2, 0.25) is 11.8 Å². The molecule has 4 N–H and O–H groups in total. The number of nitrogens with zero attached hydrogens (tertiary/aromatic N) is 8. The van der Waals surface area contributed by atoms with E-state index in [-0.39, 0.29) is 62.4 Å². The number of carbonyl (C=O) groups is 2. The Morgan fingerprint density at radius 3 is 1.25 bits per heavy atom. The van der Waals surface area contributed by atoms with Crippen molar-refractivity contribution in [1.29, 1.82) is 0 Å². The van der Waals surface area contributed by atoms with Crippen molar-refractivity contribution >= 4 is 47.1 Å². The summed E-state index contributed by atoms with van der Waals surface area (Å²) < 4.78 is 2.45. The van der Waals surface area contributed by atoms with Gasteiger partial charge >= 0.3 is 11.9 Å². The minimum atomic E-state index is -1.11. The SMILES string of the molecule is Cc1nn(-c2ccc([N+](=O)[O-])cc2)c(O)c1C=Nc1ccccc1C(=O)O.Cc1nn(-c2ccc([N+](=O)[O-])cc2)c(O)c1C=Nc1ccccc1C(=O)O.[Co]. The number of non-ortho nitro benzene ring substituents is 2. The van der Waals surface area contributed by atoms with Gasteiger partial charge in [0.25, 0.3) is 11.4 Å². The number of para-hydroxylation sites is 2. The third-order valence-electron chi connectivity index (χ3n) is 7.71. The van der Waals surface area contributed by atoms with E-state index in [1.165, 1.54) is 82.5 Å². The van der Waals surface area contributed by atoms with Crippen molar-refractivity contribution in [3.63, 3.8) is 0 Å². The third kappa shape index (κ3) is 9.11. The number of carboxylic acid groups (broad SMARTS) is 2. The topological polar surface area (TPSA) is 262 Å². The van der Waals surface area contributed by atoms with Crippen LogP contribution in [0.2, 0.25) is 0 Å². The van der Waals surface area contributed by atoms with Crippen LogP contribution in [0.1, 0.15) is 43.2 Å². The molecule has 6 rings (SSSR count). The Balaban J connectivity index is 0.000000240. The van der Waals surface area contributed by atoms with Gasteiger partial charge in [-0.25, -0.2) is 19.0 Å². The van der Waals surface area contributed by atoms with Crippen LogP contribution in [0.3, 0.4) is 0 Å². The molecule has 0 amide bonds. The first-order chi connectivity index (χ1) is 25.8. The zero-order chi connectivity index (χ0) is 39.1. The second-order valence-electron chi connectivity index (χ2n) is 11.2. The van der Waals surface area contributed by atoms with E-state index >= 15 is 0 Å². The Morgan fingerprint density at radius 1 is 0.618 bits per heavy atom. The molecule has 0 bridgehead atoms. The van der Waals surface area contributed by atoms with Crippen molar-refractivity contribution in [1.82, 2.24) is 19.6 Å². The maximum Gasteiger partial charge on any atom is 0.337 e. The van der Waals surface area contributed by atoms with E-state index in [1.54, 1.807) is 50.2 Å². The summed E-state index contributed by atoms with van der Waals surface area (Å²) in [5.41, 5.74) is 2.83. The standard InChI is InChI=1S/2C18H14N4O5.Co/c2*1-11-15(10-19-16-5-3-2-4-14(16)18(24)25)17(23)21(20-11)12-6-8-13(9-7-12)22(26)27;/h2*2-10,23H,1H3,(H,24,25);. The van der Waals surface area contributed by atoms with Crippen molar-refractivity contribution in [3.05, 3.63) is 151 Å². The van der Waals surface area contributed by atoms with Gasteiger partial charge in [0.05, 0.1) is 66.2 Å². The summed E-state index contributed by atoms with van der Waals surface area (Å²) in [4.78, 5) is 51.2. The molecule has 2 aromatic heterocycles. The Kier molecular flexibility index (Phi) is 12.7. The molecule has 0 atom stereocenters. The molecule has 1 radical (unpaired) electrons. The van der Waals surface area contributed by atoms with Gasteiger partial charge in [-0.05, 0) is 62.4 Å². The summed E-state index contributed by atoms with van der Waals surface area (Å²) in [5.74, 6) is -2.63. The average molecular weight is 792 g/mol. The number of hydrogen-bond donors (Lipinski definition) is 4. The van der Waals surface area contributed by atoms with Crippen molar-refractivity contribution in [2.45, 2.75) is 13.8 Å². The first kappa shape index (κ1) is 40.3. The monoisotopic (exact) mass is 791 g/mol. The minimum absolute atomic E-state index is 0. The van der Waals surface area contributed by atoms with Crippen LogP contribution < -0.4 is 0 Å². The first-order valence-corrected chi connectivity index (χ1v) is 15.6. The number of hydrogen-bond acceptors (Lipinski definition) is 12. The molecule has 0 unspecified atom stereocenters. The van der Waals surface area contributed by atoms with Crippen LogP contribution in [0.15, 0.2) is 107 Å². The Morgan fingerprint density at radius 2 is 0.945 bits per heavy atom.